The van der Waals surface area contributed by atoms with Gasteiger partial charge in [0.25, 0.3) is 0 Å². The van der Waals surface area contributed by atoms with Crippen molar-refractivity contribution in [1.82, 2.24) is 0 Å². The van der Waals surface area contributed by atoms with Crippen LogP contribution in [-0.2, 0) is 0 Å². The second-order valence-electron chi connectivity index (χ2n) is 12.4. The molecular weight excluding hydrogens is 583 g/mol. The summed E-state index contributed by atoms with van der Waals surface area (Å²) in [5, 5.41) is 4.09. The van der Waals surface area contributed by atoms with Crippen LogP contribution >= 0.6 is 0 Å². The predicted octanol–water partition coefficient (Wildman–Crippen LogP) is 6.30. The van der Waals surface area contributed by atoms with Crippen molar-refractivity contribution in [3.63, 3.8) is 0 Å². The Bertz CT molecular complexity index is 2400. The maximum atomic E-state index is 6.67. The van der Waals surface area contributed by atoms with Crippen LogP contribution in [0, 0.1) is 0 Å². The molecule has 0 heterocycles. The zero-order valence-corrected chi connectivity index (χ0v) is 26.8. The molecule has 0 amide bonds. The Kier molecular flexibility index (Phi) is 7.93. The largest absolute Gasteiger partial charge is 0.113 e. The Balaban J connectivity index is 1.38. The summed E-state index contributed by atoms with van der Waals surface area (Å²) in [5.41, 5.74) is 12.0. The number of hydrogen-bond donors (Lipinski definition) is 0. The average Bonchev–Trinajstić information content (AvgIpc) is 3.16. The van der Waals surface area contributed by atoms with E-state index < -0.39 is 0 Å². The van der Waals surface area contributed by atoms with Crippen LogP contribution in [0.3, 0.4) is 0 Å². The minimum atomic E-state index is 0.201. The lowest BCUT2D eigenvalue weighted by Crippen LogP contribution is -2.55. The third kappa shape index (κ3) is 5.35. The van der Waals surface area contributed by atoms with E-state index in [1.807, 2.05) is 12.1 Å². The minimum absolute atomic E-state index is 0.201. The van der Waals surface area contributed by atoms with Gasteiger partial charge in [0.15, 0.2) is 0 Å². The number of benzene rings is 8. The highest BCUT2D eigenvalue weighted by molar-refractivity contribution is 6.69. The Morgan fingerprint density at radius 2 is 0.551 bits per heavy atom. The van der Waals surface area contributed by atoms with Crippen LogP contribution in [0.25, 0.3) is 77.2 Å². The Labute approximate surface area is 294 Å². The van der Waals surface area contributed by atoms with E-state index in [1.54, 1.807) is 0 Å². The lowest BCUT2D eigenvalue weighted by molar-refractivity contribution is 1.56. The highest BCUT2D eigenvalue weighted by atomic mass is 14.2. The van der Waals surface area contributed by atoms with E-state index in [-0.39, 0.29) is 16.4 Å². The van der Waals surface area contributed by atoms with Gasteiger partial charge in [-0.05, 0) is 101 Å². The van der Waals surface area contributed by atoms with Crippen LogP contribution in [-0.4, -0.2) is 39.2 Å². The van der Waals surface area contributed by atoms with E-state index in [4.69, 9.17) is 39.2 Å². The molecule has 0 fully saturated rings. The van der Waals surface area contributed by atoms with Crippen molar-refractivity contribution in [3.8, 4) is 55.6 Å². The maximum absolute atomic E-state index is 6.67. The second-order valence-corrected chi connectivity index (χ2v) is 12.4. The van der Waals surface area contributed by atoms with Gasteiger partial charge >= 0.3 is 0 Å². The topological polar surface area (TPSA) is 0 Å². The molecule has 0 saturated heterocycles. The molecule has 8 rings (SSSR count). The summed E-state index contributed by atoms with van der Waals surface area (Å²) < 4.78 is 0. The van der Waals surface area contributed by atoms with Crippen LogP contribution in [0.2, 0.25) is 0 Å². The third-order valence-corrected chi connectivity index (χ3v) is 9.51. The molecule has 49 heavy (non-hydrogen) atoms. The van der Waals surface area contributed by atoms with Gasteiger partial charge in [-0.15, -0.1) is 16.4 Å². The standard InChI is InChI=1S/C44H25B5/c45-40-39(41(46)43(48)44(49)42(40)47)38-35-20-9-7-18-33(35)37(34-19-8-10-21-36(34)38)29-17-11-16-28(22-29)32-24-30(26-12-3-1-4-13-26)23-31(25-32)27-14-5-2-6-15-27/h1-25H. The summed E-state index contributed by atoms with van der Waals surface area (Å²) in [6.45, 7) is 0. The van der Waals surface area contributed by atoms with Crippen molar-refractivity contribution in [2.45, 2.75) is 0 Å². The molecule has 0 aromatic heterocycles. The lowest BCUT2D eigenvalue weighted by Gasteiger charge is -2.25. The van der Waals surface area contributed by atoms with Crippen LogP contribution in [0.1, 0.15) is 0 Å². The summed E-state index contributed by atoms with van der Waals surface area (Å²) in [6.07, 6.45) is 0. The minimum Gasteiger partial charge on any atom is -0.112 e. The fourth-order valence-corrected chi connectivity index (χ4v) is 7.07. The summed E-state index contributed by atoms with van der Waals surface area (Å²) in [7, 11) is 32.3. The fraction of sp³-hybridized carbons (Fsp3) is 0. The van der Waals surface area contributed by atoms with Gasteiger partial charge < -0.3 is 0 Å². The zero-order valence-electron chi connectivity index (χ0n) is 26.8. The van der Waals surface area contributed by atoms with Crippen LogP contribution < -0.4 is 27.3 Å². The molecule has 0 unspecified atom stereocenters. The summed E-state index contributed by atoms with van der Waals surface area (Å²) in [5.74, 6) is 0. The highest BCUT2D eigenvalue weighted by Gasteiger charge is 2.21. The Morgan fingerprint density at radius 3 is 1.02 bits per heavy atom. The van der Waals surface area contributed by atoms with E-state index in [9.17, 15) is 0 Å². The van der Waals surface area contributed by atoms with Gasteiger partial charge in [0.2, 0.25) is 0 Å². The molecule has 0 aliphatic carbocycles. The van der Waals surface area contributed by atoms with E-state index >= 15 is 0 Å². The van der Waals surface area contributed by atoms with E-state index in [0.29, 0.717) is 16.5 Å². The predicted molar refractivity (Wildman–Crippen MR) is 216 cm³/mol. The summed E-state index contributed by atoms with van der Waals surface area (Å²) in [4.78, 5) is 0. The second kappa shape index (κ2) is 12.6. The number of rotatable bonds is 5. The fourth-order valence-electron chi connectivity index (χ4n) is 7.07. The highest BCUT2D eigenvalue weighted by Crippen LogP contribution is 2.43. The van der Waals surface area contributed by atoms with Crippen LogP contribution in [0.5, 0.6) is 0 Å². The molecule has 8 aromatic rings. The Morgan fingerprint density at radius 1 is 0.224 bits per heavy atom. The molecule has 0 saturated carbocycles. The van der Waals surface area contributed by atoms with Crippen molar-refractivity contribution in [3.05, 3.63) is 152 Å². The average molecular weight is 608 g/mol. The normalized spacial score (nSPS) is 11.3. The van der Waals surface area contributed by atoms with Gasteiger partial charge in [0, 0.05) is 0 Å². The molecule has 216 valence electrons. The van der Waals surface area contributed by atoms with Gasteiger partial charge in [-0.3, -0.25) is 0 Å². The van der Waals surface area contributed by atoms with E-state index in [2.05, 4.69) is 140 Å². The number of hydrogen-bond acceptors (Lipinski definition) is 0. The first-order valence-corrected chi connectivity index (χ1v) is 16.2. The van der Waals surface area contributed by atoms with Crippen LogP contribution in [0.4, 0.5) is 0 Å². The SMILES string of the molecule is [B]c1c([B])c([B])c(-c2c3ccccc3c(-c3cccc(-c4cc(-c5ccccc5)cc(-c5ccccc5)c4)c3)c3ccccc23)c([B])c1[B]. The molecule has 0 aliphatic rings. The number of fused-ring (bicyclic) bond motifs is 2. The first-order chi connectivity index (χ1) is 23.9. The van der Waals surface area contributed by atoms with E-state index in [0.717, 1.165) is 49.4 Å². The lowest BCUT2D eigenvalue weighted by atomic mass is 9.59. The molecule has 0 atom stereocenters. The van der Waals surface area contributed by atoms with Crippen molar-refractivity contribution < 1.29 is 0 Å². The van der Waals surface area contributed by atoms with Crippen molar-refractivity contribution >= 4 is 88.1 Å². The van der Waals surface area contributed by atoms with E-state index in [1.165, 1.54) is 22.3 Å². The van der Waals surface area contributed by atoms with Gasteiger partial charge in [-0.25, -0.2) is 0 Å². The van der Waals surface area contributed by atoms with Gasteiger partial charge in [-0.1, -0.05) is 138 Å². The molecule has 5 heteroatoms. The maximum Gasteiger partial charge on any atom is 0.113 e. The summed E-state index contributed by atoms with van der Waals surface area (Å²) in [6, 6.07) is 53.3. The molecule has 10 radical (unpaired) electrons. The molecule has 0 nitrogen and oxygen atoms in total. The van der Waals surface area contributed by atoms with Gasteiger partial charge in [0.05, 0.1) is 0 Å². The van der Waals surface area contributed by atoms with Gasteiger partial charge in [-0.2, -0.15) is 0 Å². The molecule has 0 spiro atoms. The zero-order chi connectivity index (χ0) is 33.6. The quantitative estimate of drug-likeness (QED) is 0.159. The molecular formula is C44H25B5. The Hall–Kier alpha value is -5.40. The third-order valence-electron chi connectivity index (χ3n) is 9.51. The molecule has 0 aliphatic heterocycles. The molecule has 8 aromatic carbocycles. The van der Waals surface area contributed by atoms with Crippen molar-refractivity contribution in [2.24, 2.45) is 0 Å². The smallest absolute Gasteiger partial charge is 0.112 e. The van der Waals surface area contributed by atoms with Gasteiger partial charge in [0.1, 0.15) is 39.2 Å². The van der Waals surface area contributed by atoms with Crippen LogP contribution in [0.15, 0.2) is 152 Å². The first-order valence-electron chi connectivity index (χ1n) is 16.2. The monoisotopic (exact) mass is 608 g/mol. The van der Waals surface area contributed by atoms with Crippen molar-refractivity contribution in [1.29, 1.82) is 0 Å². The van der Waals surface area contributed by atoms with Crippen molar-refractivity contribution in [2.75, 3.05) is 0 Å². The molecule has 0 bridgehead atoms. The summed E-state index contributed by atoms with van der Waals surface area (Å²) >= 11 is 0. The molecule has 0 N–H and O–H groups in total. The first kappa shape index (κ1) is 30.9.